The molecule has 7 heteroatoms. The molecule has 0 aromatic carbocycles. The molecule has 0 aliphatic carbocycles. The van der Waals surface area contributed by atoms with Crippen LogP contribution in [0, 0.1) is 0 Å². The Kier molecular flexibility index (Phi) is 9.86. The van der Waals surface area contributed by atoms with Crippen molar-refractivity contribution >= 4 is 39.6 Å². The number of amides is 2. The molecule has 0 radical (unpaired) electrons. The fourth-order valence-corrected chi connectivity index (χ4v) is 2.25. The lowest BCUT2D eigenvalue weighted by atomic mass is 10.4. The Hall–Kier alpha value is -0.690. The first-order chi connectivity index (χ1) is 8.43. The zero-order valence-electron chi connectivity index (χ0n) is 11.1. The Morgan fingerprint density at radius 1 is 1.11 bits per heavy atom. The molecule has 0 fully saturated rings. The van der Waals surface area contributed by atoms with Crippen molar-refractivity contribution in [1.29, 1.82) is 0 Å². The molecule has 0 atom stereocenters. The maximum Gasteiger partial charge on any atom is 0.258 e. The molecule has 5 nitrogen and oxygen atoms in total. The lowest BCUT2D eigenvalue weighted by Crippen LogP contribution is -2.34. The number of thiol groups is 1. The molecule has 0 saturated heterocycles. The summed E-state index contributed by atoms with van der Waals surface area (Å²) < 4.78 is 0. The number of hydrogen-bond donors (Lipinski definition) is 3. The standard InChI is InChI=1S/C11H22N2O3S2/c1-9(14)4-7-17-8-10(15)12-5-6-13-11(16)18(2)3/h18H,4-8H2,1-3H3,(H,12,15)(H,13,16). The quantitative estimate of drug-likeness (QED) is 0.457. The van der Waals surface area contributed by atoms with E-state index in [4.69, 9.17) is 0 Å². The number of carbonyl (C=O) groups excluding carboxylic acids is 3. The van der Waals surface area contributed by atoms with E-state index < -0.39 is 10.9 Å². The predicted molar refractivity (Wildman–Crippen MR) is 79.9 cm³/mol. The third-order valence-electron chi connectivity index (χ3n) is 1.96. The Balaban J connectivity index is 3.43. The highest BCUT2D eigenvalue weighted by molar-refractivity contribution is 8.28. The van der Waals surface area contributed by atoms with Crippen molar-refractivity contribution in [2.45, 2.75) is 13.3 Å². The van der Waals surface area contributed by atoms with E-state index in [-0.39, 0.29) is 16.9 Å². The number of thioether (sulfide) groups is 1. The Bertz CT molecular complexity index is 296. The fraction of sp³-hybridized carbons (Fsp3) is 0.727. The van der Waals surface area contributed by atoms with E-state index in [2.05, 4.69) is 10.6 Å². The Labute approximate surface area is 115 Å². The van der Waals surface area contributed by atoms with Crippen molar-refractivity contribution in [2.75, 3.05) is 37.1 Å². The molecule has 0 aliphatic heterocycles. The van der Waals surface area contributed by atoms with E-state index in [0.29, 0.717) is 31.0 Å². The minimum absolute atomic E-state index is 0.0510. The zero-order chi connectivity index (χ0) is 14.0. The van der Waals surface area contributed by atoms with Crippen LogP contribution in [0.3, 0.4) is 0 Å². The number of hydrogen-bond acceptors (Lipinski definition) is 4. The summed E-state index contributed by atoms with van der Waals surface area (Å²) in [7, 11) is -0.610. The van der Waals surface area contributed by atoms with E-state index in [1.165, 1.54) is 11.8 Å². The van der Waals surface area contributed by atoms with Gasteiger partial charge < -0.3 is 10.6 Å². The van der Waals surface area contributed by atoms with E-state index in [1.807, 2.05) is 12.5 Å². The molecule has 18 heavy (non-hydrogen) atoms. The molecule has 0 saturated carbocycles. The summed E-state index contributed by atoms with van der Waals surface area (Å²) >= 11 is 1.44. The van der Waals surface area contributed by atoms with Gasteiger partial charge in [0.25, 0.3) is 5.24 Å². The monoisotopic (exact) mass is 294 g/mol. The highest BCUT2D eigenvalue weighted by atomic mass is 32.2. The molecule has 0 spiro atoms. The Morgan fingerprint density at radius 2 is 1.72 bits per heavy atom. The van der Waals surface area contributed by atoms with E-state index >= 15 is 0 Å². The molecule has 0 unspecified atom stereocenters. The summed E-state index contributed by atoms with van der Waals surface area (Å²) in [5, 5.41) is 5.51. The van der Waals surface area contributed by atoms with Gasteiger partial charge in [-0.2, -0.15) is 22.7 Å². The van der Waals surface area contributed by atoms with Crippen molar-refractivity contribution in [3.05, 3.63) is 0 Å². The van der Waals surface area contributed by atoms with Gasteiger partial charge >= 0.3 is 0 Å². The summed E-state index contributed by atoms with van der Waals surface area (Å²) in [5.74, 6) is 1.11. The van der Waals surface area contributed by atoms with Gasteiger partial charge in [-0.25, -0.2) is 0 Å². The van der Waals surface area contributed by atoms with Crippen molar-refractivity contribution in [3.8, 4) is 0 Å². The van der Waals surface area contributed by atoms with Crippen molar-refractivity contribution in [2.24, 2.45) is 0 Å². The third-order valence-corrected chi connectivity index (χ3v) is 3.89. The molecule has 106 valence electrons. The van der Waals surface area contributed by atoms with Gasteiger partial charge in [-0.1, -0.05) is 0 Å². The average Bonchev–Trinajstić information content (AvgIpc) is 2.29. The van der Waals surface area contributed by atoms with Crippen LogP contribution < -0.4 is 10.6 Å². The summed E-state index contributed by atoms with van der Waals surface area (Å²) in [4.78, 5) is 33.2. The second-order valence-corrected chi connectivity index (χ2v) is 7.28. The summed E-state index contributed by atoms with van der Waals surface area (Å²) in [6.07, 6.45) is 4.27. The molecule has 0 aromatic heterocycles. The zero-order valence-corrected chi connectivity index (χ0v) is 12.8. The third kappa shape index (κ3) is 10.5. The van der Waals surface area contributed by atoms with Crippen LogP contribution in [0.15, 0.2) is 0 Å². The highest BCUT2D eigenvalue weighted by Crippen LogP contribution is 2.12. The molecule has 2 amide bonds. The minimum Gasteiger partial charge on any atom is -0.354 e. The van der Waals surface area contributed by atoms with Gasteiger partial charge in [-0.05, 0) is 19.4 Å². The van der Waals surface area contributed by atoms with Gasteiger partial charge in [0.1, 0.15) is 5.78 Å². The first-order valence-electron chi connectivity index (χ1n) is 5.72. The SMILES string of the molecule is CC(=O)CCSCC(=O)NCCNC(=O)[SH](C)C. The van der Waals surface area contributed by atoms with Crippen LogP contribution in [0.1, 0.15) is 13.3 Å². The van der Waals surface area contributed by atoms with Crippen molar-refractivity contribution in [3.63, 3.8) is 0 Å². The van der Waals surface area contributed by atoms with Gasteiger partial charge in [0.2, 0.25) is 5.91 Å². The minimum atomic E-state index is -0.610. The van der Waals surface area contributed by atoms with Crippen LogP contribution in [0.4, 0.5) is 4.79 Å². The van der Waals surface area contributed by atoms with Gasteiger partial charge in [0, 0.05) is 25.3 Å². The average molecular weight is 294 g/mol. The van der Waals surface area contributed by atoms with Crippen molar-refractivity contribution in [1.82, 2.24) is 10.6 Å². The van der Waals surface area contributed by atoms with Crippen LogP contribution in [0.25, 0.3) is 0 Å². The number of ketones is 1. The molecular weight excluding hydrogens is 272 g/mol. The number of carbonyl (C=O) groups is 3. The predicted octanol–water partition coefficient (Wildman–Crippen LogP) is 0.785. The van der Waals surface area contributed by atoms with E-state index in [9.17, 15) is 14.4 Å². The summed E-state index contributed by atoms with van der Waals surface area (Å²) in [6.45, 7) is 2.45. The van der Waals surface area contributed by atoms with Crippen LogP contribution in [0.5, 0.6) is 0 Å². The maximum absolute atomic E-state index is 11.3. The van der Waals surface area contributed by atoms with E-state index in [0.717, 1.165) is 0 Å². The lowest BCUT2D eigenvalue weighted by molar-refractivity contribution is -0.118. The van der Waals surface area contributed by atoms with Crippen LogP contribution in [-0.4, -0.2) is 54.0 Å². The van der Waals surface area contributed by atoms with Gasteiger partial charge in [-0.3, -0.25) is 14.4 Å². The van der Waals surface area contributed by atoms with Crippen LogP contribution in [-0.2, 0) is 9.59 Å². The first-order valence-corrected chi connectivity index (χ1v) is 9.11. The number of rotatable bonds is 8. The normalized spacial score (nSPS) is 10.7. The van der Waals surface area contributed by atoms with Crippen LogP contribution in [0.2, 0.25) is 0 Å². The second-order valence-electron chi connectivity index (χ2n) is 3.98. The smallest absolute Gasteiger partial charge is 0.258 e. The largest absolute Gasteiger partial charge is 0.354 e. The van der Waals surface area contributed by atoms with Gasteiger partial charge in [-0.15, -0.1) is 0 Å². The highest BCUT2D eigenvalue weighted by Gasteiger charge is 2.04. The van der Waals surface area contributed by atoms with E-state index in [1.54, 1.807) is 6.92 Å². The first kappa shape index (κ1) is 17.3. The van der Waals surface area contributed by atoms with Gasteiger partial charge in [0.15, 0.2) is 0 Å². The maximum atomic E-state index is 11.3. The second kappa shape index (κ2) is 10.3. The Morgan fingerprint density at radius 3 is 2.28 bits per heavy atom. The molecular formula is C11H22N2O3S2. The molecule has 0 aromatic rings. The topological polar surface area (TPSA) is 75.3 Å². The number of nitrogens with one attached hydrogen (secondary N) is 2. The molecule has 0 aliphatic rings. The van der Waals surface area contributed by atoms with Crippen LogP contribution >= 0.6 is 22.7 Å². The lowest BCUT2D eigenvalue weighted by Gasteiger charge is -2.10. The van der Waals surface area contributed by atoms with Gasteiger partial charge in [0.05, 0.1) is 5.75 Å². The molecule has 0 rings (SSSR count). The number of Topliss-reactive ketones (excluding diaryl/α,β-unsaturated/α-hetero) is 1. The fourth-order valence-electron chi connectivity index (χ4n) is 0.961. The van der Waals surface area contributed by atoms with Crippen molar-refractivity contribution < 1.29 is 14.4 Å². The summed E-state index contributed by atoms with van der Waals surface area (Å²) in [5.41, 5.74) is 0. The molecule has 0 heterocycles. The molecule has 0 bridgehead atoms. The summed E-state index contributed by atoms with van der Waals surface area (Å²) in [6, 6.07) is 0. The molecule has 2 N–H and O–H groups in total.